The monoisotopic (exact) mass is 924 g/mol. The smallest absolute Gasteiger partial charge is 0.0462 e. The van der Waals surface area contributed by atoms with Crippen LogP contribution in [0.3, 0.4) is 0 Å². The first kappa shape index (κ1) is 44.5. The van der Waals surface area contributed by atoms with Gasteiger partial charge in [0.1, 0.15) is 0 Å². The molecule has 10 aromatic carbocycles. The Balaban J connectivity index is 0.757. The van der Waals surface area contributed by atoms with Gasteiger partial charge in [-0.2, -0.15) is 0 Å². The number of nitrogens with zero attached hydrogens (tertiary/aromatic N) is 2. The number of benzene rings is 10. The molecule has 0 saturated carbocycles. The summed E-state index contributed by atoms with van der Waals surface area (Å²) in [5.41, 5.74) is 24.6. The second-order valence-corrected chi connectivity index (χ2v) is 20.2. The highest BCUT2D eigenvalue weighted by atomic mass is 15.1. The zero-order valence-electron chi connectivity index (χ0n) is 41.3. The normalized spacial score (nSPS) is 13.7. The molecular weight excluding hydrogens is 869 g/mol. The van der Waals surface area contributed by atoms with Crippen molar-refractivity contribution in [3.63, 3.8) is 0 Å². The summed E-state index contributed by atoms with van der Waals surface area (Å²) < 4.78 is 0. The van der Waals surface area contributed by atoms with Crippen LogP contribution in [0.1, 0.15) is 72.2 Å². The van der Waals surface area contributed by atoms with Gasteiger partial charge >= 0.3 is 0 Å². The first-order valence-electron chi connectivity index (χ1n) is 25.2. The molecule has 0 N–H and O–H groups in total. The van der Waals surface area contributed by atoms with Gasteiger partial charge in [-0.3, -0.25) is 0 Å². The molecule has 0 amide bonds. The van der Waals surface area contributed by atoms with E-state index in [0.717, 1.165) is 34.1 Å². The van der Waals surface area contributed by atoms with Crippen LogP contribution >= 0.6 is 0 Å². The summed E-state index contributed by atoms with van der Waals surface area (Å²) in [6, 6.07) is 88.2. The van der Waals surface area contributed by atoms with E-state index in [-0.39, 0.29) is 10.8 Å². The van der Waals surface area contributed by atoms with Crippen LogP contribution in [-0.4, -0.2) is 0 Å². The van der Waals surface area contributed by atoms with Crippen LogP contribution in [-0.2, 0) is 10.8 Å². The van der Waals surface area contributed by atoms with Crippen molar-refractivity contribution in [2.75, 3.05) is 9.80 Å². The molecule has 0 bridgehead atoms. The van der Waals surface area contributed by atoms with E-state index in [1.54, 1.807) is 0 Å². The van der Waals surface area contributed by atoms with E-state index in [0.29, 0.717) is 0 Å². The highest BCUT2D eigenvalue weighted by Gasteiger charge is 2.37. The number of rotatable bonds is 11. The lowest BCUT2D eigenvalue weighted by Gasteiger charge is -2.25. The molecule has 2 aliphatic carbocycles. The third kappa shape index (κ3) is 8.15. The van der Waals surface area contributed by atoms with Crippen LogP contribution in [0.15, 0.2) is 243 Å². The SMILES string of the molecule is CC1(C)c2cc(/C=C/c3ccc(N(c4ccccc4)c4ccccc4)cc3)ccc2-c2ccc(-c3ccc4c(c3)C(C)(C)c3cc(/C=C/c5ccc(N(c6ccccc6)c6ccccc6)cc5)ccc3-4)cc21. The minimum atomic E-state index is -0.145. The quantitative estimate of drug-likeness (QED) is 0.119. The summed E-state index contributed by atoms with van der Waals surface area (Å²) in [4.78, 5) is 4.60. The van der Waals surface area contributed by atoms with Gasteiger partial charge in [0.05, 0.1) is 0 Å². The molecule has 72 heavy (non-hydrogen) atoms. The molecule has 0 aliphatic heterocycles. The van der Waals surface area contributed by atoms with Crippen molar-refractivity contribution in [3.8, 4) is 33.4 Å². The van der Waals surface area contributed by atoms with E-state index in [1.165, 1.54) is 77.9 Å². The third-order valence-corrected chi connectivity index (χ3v) is 15.0. The fraction of sp³-hybridized carbons (Fsp3) is 0.0857. The van der Waals surface area contributed by atoms with E-state index in [1.807, 2.05) is 0 Å². The lowest BCUT2D eigenvalue weighted by molar-refractivity contribution is 0.659. The van der Waals surface area contributed by atoms with Crippen LogP contribution in [0.4, 0.5) is 34.1 Å². The van der Waals surface area contributed by atoms with Gasteiger partial charge in [0.15, 0.2) is 0 Å². The van der Waals surface area contributed by atoms with Crippen molar-refractivity contribution in [3.05, 3.63) is 287 Å². The van der Waals surface area contributed by atoms with Crippen molar-refractivity contribution in [2.24, 2.45) is 0 Å². The molecule has 0 radical (unpaired) electrons. The van der Waals surface area contributed by atoms with Crippen molar-refractivity contribution in [1.29, 1.82) is 0 Å². The molecule has 0 saturated heterocycles. The molecule has 0 atom stereocenters. The van der Waals surface area contributed by atoms with Gasteiger partial charge < -0.3 is 9.80 Å². The minimum Gasteiger partial charge on any atom is -0.311 e. The summed E-state index contributed by atoms with van der Waals surface area (Å²) in [5.74, 6) is 0. The molecule has 0 aromatic heterocycles. The molecule has 0 unspecified atom stereocenters. The molecule has 2 nitrogen and oxygen atoms in total. The average molecular weight is 925 g/mol. The van der Waals surface area contributed by atoms with Crippen LogP contribution in [0, 0.1) is 0 Å². The van der Waals surface area contributed by atoms with E-state index in [4.69, 9.17) is 0 Å². The summed E-state index contributed by atoms with van der Waals surface area (Å²) >= 11 is 0. The standard InChI is InChI=1S/C70H56N2/c1-69(2)65-45-51(27-25-49-29-37-59(38-30-49)71(55-17-9-5-10-18-55)56-19-11-6-12-20-56)33-41-61(65)63-43-35-53(47-67(63)69)54-36-44-64-62-42-34-52(46-66(62)70(3,4)68(64)48-54)28-26-50-31-39-60(40-32-50)72(57-21-13-7-14-22-57)58-23-15-8-16-24-58/h5-48H,1-4H3/b27-25+,28-26+. The summed E-state index contributed by atoms with van der Waals surface area (Å²) in [7, 11) is 0. The largest absolute Gasteiger partial charge is 0.311 e. The first-order valence-corrected chi connectivity index (χ1v) is 25.2. The number of hydrogen-bond donors (Lipinski definition) is 0. The van der Waals surface area contributed by atoms with Gasteiger partial charge in [-0.15, -0.1) is 0 Å². The lowest BCUT2D eigenvalue weighted by atomic mass is 9.80. The van der Waals surface area contributed by atoms with Gasteiger partial charge in [-0.05, 0) is 163 Å². The molecule has 0 heterocycles. The Hall–Kier alpha value is -8.72. The molecule has 2 aliphatic rings. The van der Waals surface area contributed by atoms with E-state index < -0.39 is 0 Å². The topological polar surface area (TPSA) is 6.48 Å². The third-order valence-electron chi connectivity index (χ3n) is 15.0. The second-order valence-electron chi connectivity index (χ2n) is 20.2. The lowest BCUT2D eigenvalue weighted by Crippen LogP contribution is -2.15. The minimum absolute atomic E-state index is 0.145. The summed E-state index contributed by atoms with van der Waals surface area (Å²) in [6.45, 7) is 9.53. The number of fused-ring (bicyclic) bond motifs is 6. The highest BCUT2D eigenvalue weighted by molar-refractivity contribution is 5.89. The van der Waals surface area contributed by atoms with Gasteiger partial charge in [0.2, 0.25) is 0 Å². The van der Waals surface area contributed by atoms with E-state index >= 15 is 0 Å². The van der Waals surface area contributed by atoms with Crippen molar-refractivity contribution in [1.82, 2.24) is 0 Å². The molecule has 2 heteroatoms. The highest BCUT2D eigenvalue weighted by Crippen LogP contribution is 2.53. The number of para-hydroxylation sites is 4. The average Bonchev–Trinajstić information content (AvgIpc) is 3.79. The van der Waals surface area contributed by atoms with Crippen molar-refractivity contribution >= 4 is 58.4 Å². The molecule has 10 aromatic rings. The van der Waals surface area contributed by atoms with Gasteiger partial charge in [0.25, 0.3) is 0 Å². The van der Waals surface area contributed by atoms with E-state index in [2.05, 4.69) is 304 Å². The fourth-order valence-electron chi connectivity index (χ4n) is 11.1. The molecular formula is C70H56N2. The fourth-order valence-corrected chi connectivity index (χ4v) is 11.1. The van der Waals surface area contributed by atoms with Crippen LogP contribution in [0.25, 0.3) is 57.7 Å². The predicted molar refractivity (Wildman–Crippen MR) is 307 cm³/mol. The number of hydrogen-bond acceptors (Lipinski definition) is 2. The Labute approximate surface area is 425 Å². The molecule has 346 valence electrons. The maximum atomic E-state index is 2.45. The first-order chi connectivity index (χ1) is 35.2. The Morgan fingerprint density at radius 3 is 0.819 bits per heavy atom. The second kappa shape index (κ2) is 18.2. The Bertz CT molecular complexity index is 3320. The summed E-state index contributed by atoms with van der Waals surface area (Å²) in [6.07, 6.45) is 8.96. The number of anilines is 6. The van der Waals surface area contributed by atoms with Crippen LogP contribution < -0.4 is 9.80 Å². The Morgan fingerprint density at radius 1 is 0.250 bits per heavy atom. The van der Waals surface area contributed by atoms with Crippen molar-refractivity contribution in [2.45, 2.75) is 38.5 Å². The Kier molecular flexibility index (Phi) is 11.3. The van der Waals surface area contributed by atoms with Crippen LogP contribution in [0.5, 0.6) is 0 Å². The van der Waals surface area contributed by atoms with Gasteiger partial charge in [0, 0.05) is 45.0 Å². The molecule has 12 rings (SSSR count). The van der Waals surface area contributed by atoms with E-state index in [9.17, 15) is 0 Å². The zero-order chi connectivity index (χ0) is 48.8. The van der Waals surface area contributed by atoms with Crippen molar-refractivity contribution < 1.29 is 0 Å². The molecule has 0 fully saturated rings. The zero-order valence-corrected chi connectivity index (χ0v) is 41.3. The Morgan fingerprint density at radius 2 is 0.500 bits per heavy atom. The maximum Gasteiger partial charge on any atom is 0.0462 e. The van der Waals surface area contributed by atoms with Gasteiger partial charge in [-0.1, -0.05) is 210 Å². The van der Waals surface area contributed by atoms with Gasteiger partial charge in [-0.25, -0.2) is 0 Å². The predicted octanol–water partition coefficient (Wildman–Crippen LogP) is 19.2. The summed E-state index contributed by atoms with van der Waals surface area (Å²) in [5, 5.41) is 0. The molecule has 0 spiro atoms. The van der Waals surface area contributed by atoms with Crippen LogP contribution in [0.2, 0.25) is 0 Å². The maximum absolute atomic E-state index is 2.45.